The van der Waals surface area contributed by atoms with Gasteiger partial charge in [0, 0.05) is 6.61 Å². The fraction of sp³-hybridized carbons (Fsp3) is 0.462. The molecule has 1 N–H and O–H groups in total. The molecule has 0 radical (unpaired) electrons. The molecule has 17 heavy (non-hydrogen) atoms. The van der Waals surface area contributed by atoms with Crippen LogP contribution >= 0.6 is 0 Å². The lowest BCUT2D eigenvalue weighted by molar-refractivity contribution is -0.120. The molecule has 0 saturated heterocycles. The number of benzene rings is 1. The molecular formula is C13H19NO3. The Hall–Kier alpha value is -1.55. The number of rotatable bonds is 7. The first kappa shape index (κ1) is 13.5. The summed E-state index contributed by atoms with van der Waals surface area (Å²) in [5, 5.41) is 2.77. The van der Waals surface area contributed by atoms with Crippen molar-refractivity contribution in [3.63, 3.8) is 0 Å². The van der Waals surface area contributed by atoms with Gasteiger partial charge in [0.2, 0.25) is 5.91 Å². The quantitative estimate of drug-likeness (QED) is 0.792. The lowest BCUT2D eigenvalue weighted by Gasteiger charge is -2.11. The fourth-order valence-corrected chi connectivity index (χ4v) is 1.29. The molecule has 4 nitrogen and oxygen atoms in total. The molecule has 1 aromatic carbocycles. The normalized spacial score (nSPS) is 10.0. The second-order valence-corrected chi connectivity index (χ2v) is 3.53. The van der Waals surface area contributed by atoms with E-state index >= 15 is 0 Å². The standard InChI is InChI=1S/C13H19NO3/c1-3-9-17-12-8-6-5-7-11(12)14-13(15)10-16-4-2/h5-8H,3-4,9-10H2,1-2H3,(H,14,15). The number of ether oxygens (including phenoxy) is 2. The number of hydrogen-bond donors (Lipinski definition) is 1. The minimum atomic E-state index is -0.167. The highest BCUT2D eigenvalue weighted by Crippen LogP contribution is 2.23. The molecule has 0 aliphatic heterocycles. The Bertz CT molecular complexity index is 352. The largest absolute Gasteiger partial charge is 0.491 e. The highest BCUT2D eigenvalue weighted by molar-refractivity contribution is 5.93. The van der Waals surface area contributed by atoms with Gasteiger partial charge in [-0.3, -0.25) is 4.79 Å². The summed E-state index contributed by atoms with van der Waals surface area (Å²) < 4.78 is 10.6. The maximum absolute atomic E-state index is 11.5. The molecule has 0 fully saturated rings. The van der Waals surface area contributed by atoms with E-state index in [0.29, 0.717) is 24.7 Å². The summed E-state index contributed by atoms with van der Waals surface area (Å²) >= 11 is 0. The van der Waals surface area contributed by atoms with E-state index < -0.39 is 0 Å². The van der Waals surface area contributed by atoms with E-state index in [1.165, 1.54) is 0 Å². The molecule has 0 saturated carbocycles. The van der Waals surface area contributed by atoms with Gasteiger partial charge in [0.25, 0.3) is 0 Å². The molecule has 0 atom stereocenters. The van der Waals surface area contributed by atoms with Crippen LogP contribution in [-0.2, 0) is 9.53 Å². The smallest absolute Gasteiger partial charge is 0.250 e. The van der Waals surface area contributed by atoms with E-state index in [0.717, 1.165) is 6.42 Å². The Balaban J connectivity index is 2.59. The van der Waals surface area contributed by atoms with Crippen molar-refractivity contribution >= 4 is 11.6 Å². The third kappa shape index (κ3) is 4.87. The topological polar surface area (TPSA) is 47.6 Å². The lowest BCUT2D eigenvalue weighted by Crippen LogP contribution is -2.18. The monoisotopic (exact) mass is 237 g/mol. The van der Waals surface area contributed by atoms with Crippen LogP contribution in [-0.4, -0.2) is 25.7 Å². The maximum Gasteiger partial charge on any atom is 0.250 e. The number of nitrogens with one attached hydrogen (secondary N) is 1. The molecule has 1 rings (SSSR count). The van der Waals surface area contributed by atoms with E-state index in [-0.39, 0.29) is 12.5 Å². The Morgan fingerprint density at radius 2 is 2.06 bits per heavy atom. The molecule has 0 aliphatic rings. The van der Waals surface area contributed by atoms with Crippen molar-refractivity contribution in [2.24, 2.45) is 0 Å². The van der Waals surface area contributed by atoms with E-state index in [9.17, 15) is 4.79 Å². The summed E-state index contributed by atoms with van der Waals surface area (Å²) in [5.74, 6) is 0.526. The van der Waals surface area contributed by atoms with Gasteiger partial charge in [0.1, 0.15) is 12.4 Å². The third-order valence-corrected chi connectivity index (χ3v) is 2.06. The van der Waals surface area contributed by atoms with Crippen LogP contribution in [0, 0.1) is 0 Å². The van der Waals surface area contributed by atoms with Crippen LogP contribution in [0.1, 0.15) is 20.3 Å². The van der Waals surface area contributed by atoms with Crippen LogP contribution < -0.4 is 10.1 Å². The van der Waals surface area contributed by atoms with Gasteiger partial charge in [-0.15, -0.1) is 0 Å². The van der Waals surface area contributed by atoms with Crippen molar-refractivity contribution in [3.05, 3.63) is 24.3 Å². The SMILES string of the molecule is CCCOc1ccccc1NC(=O)COCC. The number of carbonyl (C=O) groups excluding carboxylic acids is 1. The second-order valence-electron chi connectivity index (χ2n) is 3.53. The van der Waals surface area contributed by atoms with Gasteiger partial charge < -0.3 is 14.8 Å². The van der Waals surface area contributed by atoms with Crippen LogP contribution in [0.25, 0.3) is 0 Å². The molecule has 0 aromatic heterocycles. The van der Waals surface area contributed by atoms with Crippen molar-refractivity contribution in [2.45, 2.75) is 20.3 Å². The average Bonchev–Trinajstić information content (AvgIpc) is 2.35. The predicted octanol–water partition coefficient (Wildman–Crippen LogP) is 2.45. The number of hydrogen-bond acceptors (Lipinski definition) is 3. The molecule has 0 unspecified atom stereocenters. The first-order valence-corrected chi connectivity index (χ1v) is 5.87. The molecule has 0 spiro atoms. The first-order valence-electron chi connectivity index (χ1n) is 5.87. The number of carbonyl (C=O) groups is 1. The average molecular weight is 237 g/mol. The molecule has 1 aromatic rings. The van der Waals surface area contributed by atoms with E-state index in [1.807, 2.05) is 38.1 Å². The first-order chi connectivity index (χ1) is 8.27. The maximum atomic E-state index is 11.5. The molecule has 1 amide bonds. The number of anilines is 1. The van der Waals surface area contributed by atoms with Gasteiger partial charge in [-0.05, 0) is 25.5 Å². The van der Waals surface area contributed by atoms with Gasteiger partial charge >= 0.3 is 0 Å². The zero-order valence-corrected chi connectivity index (χ0v) is 10.4. The lowest BCUT2D eigenvalue weighted by atomic mass is 10.3. The highest BCUT2D eigenvalue weighted by atomic mass is 16.5. The Kier molecular flexibility index (Phi) is 6.10. The Morgan fingerprint density at radius 1 is 1.29 bits per heavy atom. The minimum Gasteiger partial charge on any atom is -0.491 e. The summed E-state index contributed by atoms with van der Waals surface area (Å²) in [7, 11) is 0. The molecule has 0 heterocycles. The molecule has 94 valence electrons. The zero-order valence-electron chi connectivity index (χ0n) is 10.4. The molecule has 0 aliphatic carbocycles. The summed E-state index contributed by atoms with van der Waals surface area (Å²) in [6, 6.07) is 7.39. The number of amides is 1. The van der Waals surface area contributed by atoms with Gasteiger partial charge in [0.15, 0.2) is 0 Å². The van der Waals surface area contributed by atoms with Crippen molar-refractivity contribution < 1.29 is 14.3 Å². The fourth-order valence-electron chi connectivity index (χ4n) is 1.29. The summed E-state index contributed by atoms with van der Waals surface area (Å²) in [5.41, 5.74) is 0.686. The van der Waals surface area contributed by atoms with Gasteiger partial charge in [-0.25, -0.2) is 0 Å². The summed E-state index contributed by atoms with van der Waals surface area (Å²) in [6.07, 6.45) is 0.932. The minimum absolute atomic E-state index is 0.0681. The van der Waals surface area contributed by atoms with Crippen LogP contribution in [0.2, 0.25) is 0 Å². The Labute approximate surface area is 102 Å². The third-order valence-electron chi connectivity index (χ3n) is 2.06. The summed E-state index contributed by atoms with van der Waals surface area (Å²) in [4.78, 5) is 11.5. The van der Waals surface area contributed by atoms with E-state index in [1.54, 1.807) is 0 Å². The van der Waals surface area contributed by atoms with Crippen molar-refractivity contribution in [2.75, 3.05) is 25.1 Å². The van der Waals surface area contributed by atoms with Gasteiger partial charge in [-0.2, -0.15) is 0 Å². The molecule has 4 heteroatoms. The molecule has 0 bridgehead atoms. The molecular weight excluding hydrogens is 218 g/mol. The van der Waals surface area contributed by atoms with Crippen LogP contribution in [0.5, 0.6) is 5.75 Å². The second kappa shape index (κ2) is 7.68. The summed E-state index contributed by atoms with van der Waals surface area (Å²) in [6.45, 7) is 5.13. The number of para-hydroxylation sites is 2. The predicted molar refractivity (Wildman–Crippen MR) is 67.4 cm³/mol. The highest BCUT2D eigenvalue weighted by Gasteiger charge is 2.06. The van der Waals surface area contributed by atoms with Gasteiger partial charge in [0.05, 0.1) is 12.3 Å². The van der Waals surface area contributed by atoms with Crippen molar-refractivity contribution in [1.29, 1.82) is 0 Å². The van der Waals surface area contributed by atoms with Crippen molar-refractivity contribution in [1.82, 2.24) is 0 Å². The zero-order chi connectivity index (χ0) is 12.5. The van der Waals surface area contributed by atoms with E-state index in [2.05, 4.69) is 5.32 Å². The van der Waals surface area contributed by atoms with E-state index in [4.69, 9.17) is 9.47 Å². The van der Waals surface area contributed by atoms with Crippen LogP contribution in [0.4, 0.5) is 5.69 Å². The van der Waals surface area contributed by atoms with Crippen molar-refractivity contribution in [3.8, 4) is 5.75 Å². The van der Waals surface area contributed by atoms with Crippen LogP contribution in [0.3, 0.4) is 0 Å². The Morgan fingerprint density at radius 3 is 2.76 bits per heavy atom. The van der Waals surface area contributed by atoms with Crippen LogP contribution in [0.15, 0.2) is 24.3 Å². The van der Waals surface area contributed by atoms with Gasteiger partial charge in [-0.1, -0.05) is 19.1 Å².